The first kappa shape index (κ1) is 21.9. The molecule has 2 aromatic rings. The van der Waals surface area contributed by atoms with E-state index >= 15 is 0 Å². The molecule has 0 radical (unpaired) electrons. The molecular weight excluding hydrogens is 402 g/mol. The molecule has 9 heteroatoms. The first-order chi connectivity index (χ1) is 13.5. The minimum absolute atomic E-state index is 0. The lowest BCUT2D eigenvalue weighted by atomic mass is 9.88. The van der Waals surface area contributed by atoms with Crippen LogP contribution in [0.5, 0.6) is 0 Å². The van der Waals surface area contributed by atoms with Gasteiger partial charge in [-0.3, -0.25) is 4.79 Å². The van der Waals surface area contributed by atoms with Gasteiger partial charge in [-0.25, -0.2) is 18.3 Å². The van der Waals surface area contributed by atoms with Crippen molar-refractivity contribution < 1.29 is 18.3 Å². The number of nitrogens with two attached hydrogens (primary N) is 1. The van der Waals surface area contributed by atoms with Gasteiger partial charge in [-0.15, -0.1) is 12.4 Å². The summed E-state index contributed by atoms with van der Waals surface area (Å²) in [6.45, 7) is 1.79. The molecule has 2 aliphatic carbocycles. The van der Waals surface area contributed by atoms with Crippen molar-refractivity contribution in [1.82, 2.24) is 14.6 Å². The van der Waals surface area contributed by atoms with Crippen LogP contribution in [-0.4, -0.2) is 33.6 Å². The van der Waals surface area contributed by atoms with Gasteiger partial charge in [0.2, 0.25) is 6.43 Å². The molecule has 0 spiro atoms. The smallest absolute Gasteiger partial charge is 0.313 e. The van der Waals surface area contributed by atoms with Crippen molar-refractivity contribution in [3.63, 3.8) is 0 Å². The van der Waals surface area contributed by atoms with E-state index in [0.717, 1.165) is 5.69 Å². The zero-order valence-electron chi connectivity index (χ0n) is 16.3. The Morgan fingerprint density at radius 2 is 1.97 bits per heavy atom. The van der Waals surface area contributed by atoms with E-state index in [-0.39, 0.29) is 25.1 Å². The van der Waals surface area contributed by atoms with Gasteiger partial charge in [0.05, 0.1) is 36.7 Å². The number of ether oxygens (including phenoxy) is 1. The van der Waals surface area contributed by atoms with Crippen molar-refractivity contribution >= 4 is 24.0 Å². The number of alkyl halides is 2. The summed E-state index contributed by atoms with van der Waals surface area (Å²) in [7, 11) is 0. The van der Waals surface area contributed by atoms with Crippen molar-refractivity contribution in [3.05, 3.63) is 29.7 Å². The lowest BCUT2D eigenvalue weighted by Gasteiger charge is -2.21. The standard InChI is InChI=1S/C20H26F2N4O2.ClH/c1-2-28-20(27)14(8-16(21)22)13-7-17-25-15(10-26(17)24-9-13)19(23)18(11-3-4-11)12-5-6-12;/h7,9-12,14,16,18-19H,2-6,8,23H2,1H3;1H. The molecule has 6 nitrogen and oxygen atoms in total. The average molecular weight is 429 g/mol. The Bertz CT molecular complexity index is 842. The van der Waals surface area contributed by atoms with Crippen LogP contribution in [0, 0.1) is 17.8 Å². The van der Waals surface area contributed by atoms with Gasteiger partial charge < -0.3 is 10.5 Å². The number of nitrogens with zero attached hydrogens (tertiary/aromatic N) is 3. The third-order valence-corrected chi connectivity index (χ3v) is 5.84. The molecule has 2 atom stereocenters. The Balaban J connectivity index is 0.00000240. The second kappa shape index (κ2) is 8.92. The van der Waals surface area contributed by atoms with E-state index in [1.165, 1.54) is 31.9 Å². The lowest BCUT2D eigenvalue weighted by Crippen LogP contribution is -2.25. The van der Waals surface area contributed by atoms with Crippen molar-refractivity contribution in [3.8, 4) is 0 Å². The van der Waals surface area contributed by atoms with Gasteiger partial charge in [0.25, 0.3) is 0 Å². The van der Waals surface area contributed by atoms with Crippen molar-refractivity contribution in [1.29, 1.82) is 0 Å². The predicted octanol–water partition coefficient (Wildman–Crippen LogP) is 3.89. The van der Waals surface area contributed by atoms with Crippen LogP contribution in [0.3, 0.4) is 0 Å². The molecule has 2 aliphatic rings. The summed E-state index contributed by atoms with van der Waals surface area (Å²) in [5.41, 5.74) is 8.23. The molecule has 29 heavy (non-hydrogen) atoms. The van der Waals surface area contributed by atoms with E-state index in [2.05, 4.69) is 10.1 Å². The van der Waals surface area contributed by atoms with Crippen molar-refractivity contribution in [2.24, 2.45) is 23.5 Å². The third-order valence-electron chi connectivity index (χ3n) is 5.84. The summed E-state index contributed by atoms with van der Waals surface area (Å²) < 4.78 is 32.5. The maximum Gasteiger partial charge on any atom is 0.313 e. The van der Waals surface area contributed by atoms with Gasteiger partial charge in [-0.05, 0) is 62.0 Å². The second-order valence-corrected chi connectivity index (χ2v) is 7.97. The van der Waals surface area contributed by atoms with Gasteiger partial charge >= 0.3 is 5.97 Å². The highest BCUT2D eigenvalue weighted by molar-refractivity contribution is 5.85. The van der Waals surface area contributed by atoms with Crippen LogP contribution in [0.4, 0.5) is 8.78 Å². The van der Waals surface area contributed by atoms with Crippen LogP contribution < -0.4 is 5.73 Å². The lowest BCUT2D eigenvalue weighted by molar-refractivity contribution is -0.146. The summed E-state index contributed by atoms with van der Waals surface area (Å²) in [5.74, 6) is 0.109. The van der Waals surface area contributed by atoms with Gasteiger partial charge in [0, 0.05) is 6.42 Å². The number of fused-ring (bicyclic) bond motifs is 1. The number of hydrogen-bond acceptors (Lipinski definition) is 5. The number of imidazole rings is 1. The van der Waals surface area contributed by atoms with Crippen LogP contribution >= 0.6 is 12.4 Å². The monoisotopic (exact) mass is 428 g/mol. The molecule has 4 rings (SSSR count). The van der Waals surface area contributed by atoms with Gasteiger partial charge in [-0.1, -0.05) is 0 Å². The van der Waals surface area contributed by atoms with Crippen LogP contribution in [0.15, 0.2) is 18.5 Å². The number of aromatic nitrogens is 3. The topological polar surface area (TPSA) is 82.5 Å². The number of carbonyl (C=O) groups excluding carboxylic acids is 1. The largest absolute Gasteiger partial charge is 0.466 e. The molecule has 2 heterocycles. The number of esters is 1. The van der Waals surface area contributed by atoms with E-state index in [9.17, 15) is 13.6 Å². The Morgan fingerprint density at radius 3 is 2.52 bits per heavy atom. The first-order valence-electron chi connectivity index (χ1n) is 10.0. The summed E-state index contributed by atoms with van der Waals surface area (Å²) in [6, 6.07) is 1.49. The number of carbonyl (C=O) groups is 1. The zero-order chi connectivity index (χ0) is 19.8. The zero-order valence-corrected chi connectivity index (χ0v) is 17.2. The van der Waals surface area contributed by atoms with Gasteiger partial charge in [0.1, 0.15) is 0 Å². The fraction of sp³-hybridized carbons (Fsp3) is 0.650. The molecule has 0 amide bonds. The quantitative estimate of drug-likeness (QED) is 0.612. The Hall–Kier alpha value is -1.80. The van der Waals surface area contributed by atoms with Crippen LogP contribution in [-0.2, 0) is 9.53 Å². The minimum Gasteiger partial charge on any atom is -0.466 e. The molecule has 2 N–H and O–H groups in total. The van der Waals surface area contributed by atoms with Gasteiger partial charge in [0.15, 0.2) is 5.65 Å². The van der Waals surface area contributed by atoms with E-state index in [0.29, 0.717) is 29.0 Å². The summed E-state index contributed by atoms with van der Waals surface area (Å²) >= 11 is 0. The third kappa shape index (κ3) is 4.86. The fourth-order valence-corrected chi connectivity index (χ4v) is 4.18. The van der Waals surface area contributed by atoms with E-state index in [1.807, 2.05) is 6.20 Å². The molecule has 0 aliphatic heterocycles. The van der Waals surface area contributed by atoms with Crippen molar-refractivity contribution in [2.75, 3.05) is 6.61 Å². The van der Waals surface area contributed by atoms with Gasteiger partial charge in [-0.2, -0.15) is 5.10 Å². The molecule has 160 valence electrons. The molecule has 2 saturated carbocycles. The van der Waals surface area contributed by atoms with Crippen LogP contribution in [0.2, 0.25) is 0 Å². The Labute approximate surface area is 174 Å². The Morgan fingerprint density at radius 1 is 1.31 bits per heavy atom. The molecular formula is C20H27ClF2N4O2. The number of rotatable bonds is 9. The highest BCUT2D eigenvalue weighted by Crippen LogP contribution is 2.53. The molecule has 0 saturated heterocycles. The maximum absolute atomic E-state index is 13.0. The highest BCUT2D eigenvalue weighted by Gasteiger charge is 2.45. The molecule has 2 unspecified atom stereocenters. The van der Waals surface area contributed by atoms with Crippen LogP contribution in [0.1, 0.15) is 62.2 Å². The fourth-order valence-electron chi connectivity index (χ4n) is 4.18. The SMILES string of the molecule is CCOC(=O)C(CC(F)F)c1cnn2cc(C(N)C(C3CC3)C3CC3)nc2c1.Cl. The predicted molar refractivity (Wildman–Crippen MR) is 106 cm³/mol. The maximum atomic E-state index is 13.0. The summed E-state index contributed by atoms with van der Waals surface area (Å²) in [4.78, 5) is 16.8. The highest BCUT2D eigenvalue weighted by atomic mass is 35.5. The minimum atomic E-state index is -2.62. The normalized spacial score (nSPS) is 18.7. The molecule has 2 aromatic heterocycles. The van der Waals surface area contributed by atoms with Crippen molar-refractivity contribution in [2.45, 2.75) is 57.4 Å². The Kier molecular flexibility index (Phi) is 6.73. The van der Waals surface area contributed by atoms with E-state index in [4.69, 9.17) is 10.5 Å². The first-order valence-corrected chi connectivity index (χ1v) is 10.0. The average Bonchev–Trinajstić information content (AvgIpc) is 3.59. The number of hydrogen-bond donors (Lipinski definition) is 1. The van der Waals surface area contributed by atoms with Crippen LogP contribution in [0.25, 0.3) is 5.65 Å². The molecule has 2 fully saturated rings. The molecule has 0 aromatic carbocycles. The summed E-state index contributed by atoms with van der Waals surface area (Å²) in [6.07, 6.45) is 4.97. The van der Waals surface area contributed by atoms with E-state index in [1.54, 1.807) is 17.5 Å². The molecule has 0 bridgehead atoms. The summed E-state index contributed by atoms with van der Waals surface area (Å²) in [5, 5.41) is 4.28. The van der Waals surface area contributed by atoms with E-state index < -0.39 is 24.7 Å². The number of halogens is 3. The second-order valence-electron chi connectivity index (χ2n) is 7.97.